The van der Waals surface area contributed by atoms with Gasteiger partial charge in [-0.05, 0) is 38.4 Å². The SMILES string of the molecule is CCOCCCNC(=S)NC(CC)CC. The monoisotopic (exact) mass is 232 g/mol. The summed E-state index contributed by atoms with van der Waals surface area (Å²) in [6.45, 7) is 8.81. The maximum atomic E-state index is 5.24. The predicted molar refractivity (Wildman–Crippen MR) is 69.2 cm³/mol. The van der Waals surface area contributed by atoms with Crippen LogP contribution >= 0.6 is 12.2 Å². The molecular formula is C11H24N2OS. The molecule has 0 radical (unpaired) electrons. The van der Waals surface area contributed by atoms with E-state index in [0.717, 1.165) is 44.1 Å². The molecule has 2 N–H and O–H groups in total. The average Bonchev–Trinajstić information content (AvgIpc) is 2.25. The van der Waals surface area contributed by atoms with Gasteiger partial charge in [-0.15, -0.1) is 0 Å². The maximum Gasteiger partial charge on any atom is 0.166 e. The standard InChI is InChI=1S/C11H24N2OS/c1-4-10(5-2)13-11(15)12-8-7-9-14-6-3/h10H,4-9H2,1-3H3,(H2,12,13,15). The fourth-order valence-electron chi connectivity index (χ4n) is 1.25. The van der Waals surface area contributed by atoms with Gasteiger partial charge >= 0.3 is 0 Å². The van der Waals surface area contributed by atoms with Crippen LogP contribution in [-0.2, 0) is 4.74 Å². The Labute approximate surface area is 99.0 Å². The Morgan fingerprint density at radius 2 is 1.93 bits per heavy atom. The van der Waals surface area contributed by atoms with Gasteiger partial charge in [-0.3, -0.25) is 0 Å². The van der Waals surface area contributed by atoms with Crippen LogP contribution in [0, 0.1) is 0 Å². The summed E-state index contributed by atoms with van der Waals surface area (Å²) in [6, 6.07) is 0.497. The van der Waals surface area contributed by atoms with Crippen LogP contribution < -0.4 is 10.6 Å². The predicted octanol–water partition coefficient (Wildman–Crippen LogP) is 2.07. The highest BCUT2D eigenvalue weighted by Gasteiger charge is 2.03. The van der Waals surface area contributed by atoms with Crippen molar-refractivity contribution >= 4 is 17.3 Å². The summed E-state index contributed by atoms with van der Waals surface area (Å²) < 4.78 is 5.24. The van der Waals surface area contributed by atoms with Gasteiger partial charge in [0.2, 0.25) is 0 Å². The Balaban J connectivity index is 3.40. The van der Waals surface area contributed by atoms with Gasteiger partial charge in [0.25, 0.3) is 0 Å². The van der Waals surface area contributed by atoms with E-state index in [4.69, 9.17) is 17.0 Å². The van der Waals surface area contributed by atoms with E-state index in [2.05, 4.69) is 24.5 Å². The van der Waals surface area contributed by atoms with Crippen LogP contribution in [0.3, 0.4) is 0 Å². The van der Waals surface area contributed by atoms with Crippen molar-refractivity contribution in [2.75, 3.05) is 19.8 Å². The molecule has 0 amide bonds. The molecule has 0 spiro atoms. The fourth-order valence-corrected chi connectivity index (χ4v) is 1.52. The van der Waals surface area contributed by atoms with Crippen LogP contribution in [0.1, 0.15) is 40.0 Å². The Morgan fingerprint density at radius 1 is 1.27 bits per heavy atom. The van der Waals surface area contributed by atoms with Crippen molar-refractivity contribution < 1.29 is 4.74 Å². The first kappa shape index (κ1) is 14.6. The van der Waals surface area contributed by atoms with Crippen molar-refractivity contribution in [2.24, 2.45) is 0 Å². The lowest BCUT2D eigenvalue weighted by atomic mass is 10.2. The summed E-state index contributed by atoms with van der Waals surface area (Å²) in [5.74, 6) is 0. The second-order valence-corrected chi connectivity index (χ2v) is 3.87. The third-order valence-electron chi connectivity index (χ3n) is 2.28. The number of nitrogens with one attached hydrogen (secondary N) is 2. The second-order valence-electron chi connectivity index (χ2n) is 3.46. The number of ether oxygens (including phenoxy) is 1. The van der Waals surface area contributed by atoms with Crippen LogP contribution in [0.4, 0.5) is 0 Å². The Bertz CT molecular complexity index is 161. The maximum absolute atomic E-state index is 5.24. The van der Waals surface area contributed by atoms with E-state index in [0.29, 0.717) is 6.04 Å². The van der Waals surface area contributed by atoms with Gasteiger partial charge in [-0.1, -0.05) is 13.8 Å². The van der Waals surface area contributed by atoms with Crippen molar-refractivity contribution in [3.8, 4) is 0 Å². The third-order valence-corrected chi connectivity index (χ3v) is 2.54. The molecule has 0 fully saturated rings. The van der Waals surface area contributed by atoms with E-state index in [9.17, 15) is 0 Å². The molecule has 0 bridgehead atoms. The van der Waals surface area contributed by atoms with Crippen LogP contribution in [0.2, 0.25) is 0 Å². The highest BCUT2D eigenvalue weighted by molar-refractivity contribution is 7.80. The molecule has 0 unspecified atom stereocenters. The zero-order chi connectivity index (χ0) is 11.5. The van der Waals surface area contributed by atoms with E-state index in [1.54, 1.807) is 0 Å². The summed E-state index contributed by atoms with van der Waals surface area (Å²) in [6.07, 6.45) is 3.22. The Morgan fingerprint density at radius 3 is 2.47 bits per heavy atom. The highest BCUT2D eigenvalue weighted by atomic mass is 32.1. The molecule has 0 aliphatic carbocycles. The molecule has 15 heavy (non-hydrogen) atoms. The average molecular weight is 232 g/mol. The molecular weight excluding hydrogens is 208 g/mol. The van der Waals surface area contributed by atoms with E-state index < -0.39 is 0 Å². The third kappa shape index (κ3) is 8.63. The zero-order valence-corrected chi connectivity index (χ0v) is 11.0. The summed E-state index contributed by atoms with van der Waals surface area (Å²) in [4.78, 5) is 0. The number of hydrogen-bond donors (Lipinski definition) is 2. The minimum absolute atomic E-state index is 0.497. The molecule has 90 valence electrons. The van der Waals surface area contributed by atoms with Gasteiger partial charge in [0.05, 0.1) is 0 Å². The molecule has 0 aromatic carbocycles. The quantitative estimate of drug-likeness (QED) is 0.496. The minimum Gasteiger partial charge on any atom is -0.382 e. The molecule has 0 saturated heterocycles. The minimum atomic E-state index is 0.497. The lowest BCUT2D eigenvalue weighted by Gasteiger charge is -2.17. The van der Waals surface area contributed by atoms with Crippen molar-refractivity contribution in [2.45, 2.75) is 46.1 Å². The summed E-state index contributed by atoms with van der Waals surface area (Å²) in [5.41, 5.74) is 0. The molecule has 0 aliphatic heterocycles. The summed E-state index contributed by atoms with van der Waals surface area (Å²) in [5, 5.41) is 7.23. The van der Waals surface area contributed by atoms with Crippen molar-refractivity contribution in [1.82, 2.24) is 10.6 Å². The van der Waals surface area contributed by atoms with Crippen molar-refractivity contribution in [3.05, 3.63) is 0 Å². The molecule has 3 nitrogen and oxygen atoms in total. The van der Waals surface area contributed by atoms with E-state index in [1.807, 2.05) is 6.92 Å². The largest absolute Gasteiger partial charge is 0.382 e. The topological polar surface area (TPSA) is 33.3 Å². The first-order valence-electron chi connectivity index (χ1n) is 5.86. The number of thiocarbonyl (C=S) groups is 1. The summed E-state index contributed by atoms with van der Waals surface area (Å²) in [7, 11) is 0. The highest BCUT2D eigenvalue weighted by Crippen LogP contribution is 1.95. The zero-order valence-electron chi connectivity index (χ0n) is 10.1. The van der Waals surface area contributed by atoms with Gasteiger partial charge in [-0.2, -0.15) is 0 Å². The van der Waals surface area contributed by atoms with Crippen LogP contribution in [0.15, 0.2) is 0 Å². The van der Waals surface area contributed by atoms with Gasteiger partial charge in [0, 0.05) is 25.8 Å². The molecule has 0 saturated carbocycles. The molecule has 0 atom stereocenters. The first-order valence-corrected chi connectivity index (χ1v) is 6.27. The molecule has 0 aromatic heterocycles. The molecule has 4 heteroatoms. The van der Waals surface area contributed by atoms with Gasteiger partial charge in [0.15, 0.2) is 5.11 Å². The van der Waals surface area contributed by atoms with E-state index >= 15 is 0 Å². The lowest BCUT2D eigenvalue weighted by molar-refractivity contribution is 0.145. The number of hydrogen-bond acceptors (Lipinski definition) is 2. The molecule has 0 aliphatic rings. The van der Waals surface area contributed by atoms with E-state index in [-0.39, 0.29) is 0 Å². The van der Waals surface area contributed by atoms with Gasteiger partial charge in [-0.25, -0.2) is 0 Å². The normalized spacial score (nSPS) is 10.4. The van der Waals surface area contributed by atoms with Crippen LogP contribution in [0.5, 0.6) is 0 Å². The molecule has 0 heterocycles. The van der Waals surface area contributed by atoms with Crippen LogP contribution in [0.25, 0.3) is 0 Å². The molecule has 0 rings (SSSR count). The lowest BCUT2D eigenvalue weighted by Crippen LogP contribution is -2.41. The molecule has 0 aromatic rings. The Kier molecular flexibility index (Phi) is 9.94. The van der Waals surface area contributed by atoms with Crippen LogP contribution in [-0.4, -0.2) is 30.9 Å². The Hall–Kier alpha value is -0.350. The second kappa shape index (κ2) is 10.2. The first-order chi connectivity index (χ1) is 7.24. The number of rotatable bonds is 8. The van der Waals surface area contributed by atoms with Crippen molar-refractivity contribution in [1.29, 1.82) is 0 Å². The van der Waals surface area contributed by atoms with Crippen molar-refractivity contribution in [3.63, 3.8) is 0 Å². The van der Waals surface area contributed by atoms with E-state index in [1.165, 1.54) is 0 Å². The van der Waals surface area contributed by atoms with Gasteiger partial charge < -0.3 is 15.4 Å². The van der Waals surface area contributed by atoms with Gasteiger partial charge in [0.1, 0.15) is 0 Å². The fraction of sp³-hybridized carbons (Fsp3) is 0.909. The summed E-state index contributed by atoms with van der Waals surface area (Å²) >= 11 is 5.18. The smallest absolute Gasteiger partial charge is 0.166 e.